The van der Waals surface area contributed by atoms with Crippen LogP contribution < -0.4 is 0 Å². The Labute approximate surface area is 117 Å². The Balaban J connectivity index is 1.88. The minimum absolute atomic E-state index is 0.636. The molecule has 19 heavy (non-hydrogen) atoms. The molecule has 2 rings (SSSR count). The third-order valence-electron chi connectivity index (χ3n) is 3.96. The van der Waals surface area contributed by atoms with Gasteiger partial charge in [-0.15, -0.1) is 0 Å². The molecule has 1 unspecified atom stereocenters. The van der Waals surface area contributed by atoms with Gasteiger partial charge in [-0.05, 0) is 18.9 Å². The first-order chi connectivity index (χ1) is 9.20. The van der Waals surface area contributed by atoms with E-state index in [-0.39, 0.29) is 0 Å². The molecular formula is C17H26N2. The quantitative estimate of drug-likeness (QED) is 0.797. The van der Waals surface area contributed by atoms with Crippen LogP contribution in [0.2, 0.25) is 0 Å². The standard InChI is InChI=1S/C17H26N2/c1-4-8-15(2)19-12-11-18(13-16(19)3)14-17-9-6-5-7-10-17/h5-7,9-10,15H,3-4,8,11-14H2,1-2H3. The lowest BCUT2D eigenvalue weighted by Gasteiger charge is -2.41. The molecule has 1 atom stereocenters. The van der Waals surface area contributed by atoms with Crippen LogP contribution in [0.3, 0.4) is 0 Å². The first kappa shape index (κ1) is 14.1. The fraction of sp³-hybridized carbons (Fsp3) is 0.529. The fourth-order valence-corrected chi connectivity index (χ4v) is 2.92. The zero-order valence-corrected chi connectivity index (χ0v) is 12.3. The summed E-state index contributed by atoms with van der Waals surface area (Å²) in [5, 5.41) is 0. The van der Waals surface area contributed by atoms with Crippen LogP contribution in [-0.2, 0) is 6.54 Å². The van der Waals surface area contributed by atoms with E-state index >= 15 is 0 Å². The number of nitrogens with zero attached hydrogens (tertiary/aromatic N) is 2. The molecule has 0 amide bonds. The average molecular weight is 258 g/mol. The Hall–Kier alpha value is -1.28. The molecule has 1 aliphatic heterocycles. The smallest absolute Gasteiger partial charge is 0.0382 e. The second kappa shape index (κ2) is 6.76. The molecule has 1 fully saturated rings. The molecule has 0 bridgehead atoms. The van der Waals surface area contributed by atoms with Crippen LogP contribution >= 0.6 is 0 Å². The van der Waals surface area contributed by atoms with Crippen LogP contribution in [0.4, 0.5) is 0 Å². The summed E-state index contributed by atoms with van der Waals surface area (Å²) >= 11 is 0. The second-order valence-corrected chi connectivity index (χ2v) is 5.59. The van der Waals surface area contributed by atoms with Gasteiger partial charge in [0.05, 0.1) is 0 Å². The van der Waals surface area contributed by atoms with Crippen LogP contribution in [-0.4, -0.2) is 35.5 Å². The molecule has 2 nitrogen and oxygen atoms in total. The number of rotatable bonds is 5. The van der Waals surface area contributed by atoms with Gasteiger partial charge < -0.3 is 4.90 Å². The molecular weight excluding hydrogens is 232 g/mol. The molecule has 0 spiro atoms. The Kier molecular flexibility index (Phi) is 5.03. The Morgan fingerprint density at radius 3 is 2.58 bits per heavy atom. The number of benzene rings is 1. The van der Waals surface area contributed by atoms with Crippen LogP contribution in [0.25, 0.3) is 0 Å². The van der Waals surface area contributed by atoms with Gasteiger partial charge in [-0.1, -0.05) is 50.3 Å². The van der Waals surface area contributed by atoms with E-state index in [1.165, 1.54) is 24.1 Å². The second-order valence-electron chi connectivity index (χ2n) is 5.59. The van der Waals surface area contributed by atoms with Gasteiger partial charge in [0.2, 0.25) is 0 Å². The van der Waals surface area contributed by atoms with Crippen LogP contribution in [0.1, 0.15) is 32.3 Å². The minimum Gasteiger partial charge on any atom is -0.370 e. The highest BCUT2D eigenvalue weighted by atomic mass is 15.3. The first-order valence-electron chi connectivity index (χ1n) is 7.41. The molecule has 1 aliphatic rings. The van der Waals surface area contributed by atoms with Crippen molar-refractivity contribution in [3.8, 4) is 0 Å². The summed E-state index contributed by atoms with van der Waals surface area (Å²) in [6.45, 7) is 13.2. The van der Waals surface area contributed by atoms with Gasteiger partial charge in [0.1, 0.15) is 0 Å². The predicted octanol–water partition coefficient (Wildman–Crippen LogP) is 3.51. The van der Waals surface area contributed by atoms with E-state index < -0.39 is 0 Å². The largest absolute Gasteiger partial charge is 0.370 e. The lowest BCUT2D eigenvalue weighted by molar-refractivity contribution is 0.138. The third kappa shape index (κ3) is 3.84. The van der Waals surface area contributed by atoms with Crippen molar-refractivity contribution >= 4 is 0 Å². The summed E-state index contributed by atoms with van der Waals surface area (Å²) in [6.07, 6.45) is 2.51. The van der Waals surface area contributed by atoms with Gasteiger partial charge in [0.25, 0.3) is 0 Å². The molecule has 1 aromatic rings. The zero-order chi connectivity index (χ0) is 13.7. The summed E-state index contributed by atoms with van der Waals surface area (Å²) in [6, 6.07) is 11.3. The Morgan fingerprint density at radius 2 is 1.95 bits per heavy atom. The van der Waals surface area contributed by atoms with E-state index in [9.17, 15) is 0 Å². The van der Waals surface area contributed by atoms with Crippen LogP contribution in [0, 0.1) is 0 Å². The summed E-state index contributed by atoms with van der Waals surface area (Å²) in [7, 11) is 0. The van der Waals surface area contributed by atoms with E-state index in [0.29, 0.717) is 6.04 Å². The van der Waals surface area contributed by atoms with Crippen molar-refractivity contribution in [1.82, 2.24) is 9.80 Å². The molecule has 0 aliphatic carbocycles. The lowest BCUT2D eigenvalue weighted by atomic mass is 10.1. The lowest BCUT2D eigenvalue weighted by Crippen LogP contribution is -2.47. The van der Waals surface area contributed by atoms with E-state index in [4.69, 9.17) is 0 Å². The average Bonchev–Trinajstić information content (AvgIpc) is 2.40. The van der Waals surface area contributed by atoms with Crippen molar-refractivity contribution in [3.05, 3.63) is 48.2 Å². The van der Waals surface area contributed by atoms with E-state index in [1.807, 2.05) is 0 Å². The van der Waals surface area contributed by atoms with Gasteiger partial charge in [0.15, 0.2) is 0 Å². The van der Waals surface area contributed by atoms with Crippen molar-refractivity contribution in [1.29, 1.82) is 0 Å². The molecule has 2 heteroatoms. The van der Waals surface area contributed by atoms with Crippen molar-refractivity contribution in [2.24, 2.45) is 0 Å². The minimum atomic E-state index is 0.636. The molecule has 1 saturated heterocycles. The number of hydrogen-bond acceptors (Lipinski definition) is 2. The van der Waals surface area contributed by atoms with Gasteiger partial charge in [-0.3, -0.25) is 4.90 Å². The maximum atomic E-state index is 4.28. The predicted molar refractivity (Wildman–Crippen MR) is 81.9 cm³/mol. The number of hydrogen-bond donors (Lipinski definition) is 0. The van der Waals surface area contributed by atoms with Gasteiger partial charge in [-0.2, -0.15) is 0 Å². The molecule has 0 aromatic heterocycles. The maximum absolute atomic E-state index is 4.28. The molecule has 1 aromatic carbocycles. The molecule has 1 heterocycles. The normalized spacial score (nSPS) is 18.6. The monoisotopic (exact) mass is 258 g/mol. The molecule has 104 valence electrons. The zero-order valence-electron chi connectivity index (χ0n) is 12.3. The summed E-state index contributed by atoms with van der Waals surface area (Å²) < 4.78 is 0. The third-order valence-corrected chi connectivity index (χ3v) is 3.96. The van der Waals surface area contributed by atoms with E-state index in [1.54, 1.807) is 0 Å². The van der Waals surface area contributed by atoms with Gasteiger partial charge in [0, 0.05) is 37.9 Å². The van der Waals surface area contributed by atoms with Crippen molar-refractivity contribution in [2.45, 2.75) is 39.3 Å². The van der Waals surface area contributed by atoms with E-state index in [0.717, 1.165) is 26.2 Å². The summed E-state index contributed by atoms with van der Waals surface area (Å²) in [5.41, 5.74) is 2.67. The maximum Gasteiger partial charge on any atom is 0.0382 e. The summed E-state index contributed by atoms with van der Waals surface area (Å²) in [5.74, 6) is 0. The van der Waals surface area contributed by atoms with Gasteiger partial charge in [-0.25, -0.2) is 0 Å². The van der Waals surface area contributed by atoms with Crippen molar-refractivity contribution in [2.75, 3.05) is 19.6 Å². The Morgan fingerprint density at radius 1 is 1.21 bits per heavy atom. The van der Waals surface area contributed by atoms with E-state index in [2.05, 4.69) is 60.6 Å². The first-order valence-corrected chi connectivity index (χ1v) is 7.41. The van der Waals surface area contributed by atoms with Crippen LogP contribution in [0.5, 0.6) is 0 Å². The molecule has 0 radical (unpaired) electrons. The fourth-order valence-electron chi connectivity index (χ4n) is 2.92. The topological polar surface area (TPSA) is 6.48 Å². The highest BCUT2D eigenvalue weighted by molar-refractivity contribution is 5.15. The van der Waals surface area contributed by atoms with Crippen LogP contribution in [0.15, 0.2) is 42.6 Å². The highest BCUT2D eigenvalue weighted by Gasteiger charge is 2.22. The molecule has 0 N–H and O–H groups in total. The molecule has 0 saturated carbocycles. The van der Waals surface area contributed by atoms with Crippen molar-refractivity contribution in [3.63, 3.8) is 0 Å². The summed E-state index contributed by atoms with van der Waals surface area (Å²) in [4.78, 5) is 4.98. The number of piperazine rings is 1. The SMILES string of the molecule is C=C1CN(Cc2ccccc2)CCN1C(C)CCC. The van der Waals surface area contributed by atoms with Gasteiger partial charge >= 0.3 is 0 Å². The highest BCUT2D eigenvalue weighted by Crippen LogP contribution is 2.19. The van der Waals surface area contributed by atoms with Crippen molar-refractivity contribution < 1.29 is 0 Å². The Bertz CT molecular complexity index is 399.